The van der Waals surface area contributed by atoms with E-state index in [0.29, 0.717) is 42.9 Å². The first-order valence-electron chi connectivity index (χ1n) is 10.7. The van der Waals surface area contributed by atoms with Gasteiger partial charge in [-0.2, -0.15) is 4.98 Å². The van der Waals surface area contributed by atoms with Crippen LogP contribution in [0, 0.1) is 5.82 Å². The molecule has 0 spiro atoms. The minimum atomic E-state index is -0.644. The highest BCUT2D eigenvalue weighted by Gasteiger charge is 2.26. The highest BCUT2D eigenvalue weighted by Crippen LogP contribution is 2.42. The van der Waals surface area contributed by atoms with Crippen LogP contribution in [0.3, 0.4) is 0 Å². The predicted octanol–water partition coefficient (Wildman–Crippen LogP) is 4.36. The molecule has 1 aliphatic rings. The molecule has 2 heterocycles. The number of carbonyl (C=O) groups excluding carboxylic acids is 1. The van der Waals surface area contributed by atoms with Gasteiger partial charge < -0.3 is 20.6 Å². The van der Waals surface area contributed by atoms with Gasteiger partial charge in [-0.1, -0.05) is 42.4 Å². The highest BCUT2D eigenvalue weighted by atomic mass is 35.5. The van der Waals surface area contributed by atoms with Crippen LogP contribution in [-0.2, 0) is 4.79 Å². The number of fused-ring (bicyclic) bond motifs is 2. The summed E-state index contributed by atoms with van der Waals surface area (Å²) in [6, 6.07) is 12.1. The van der Waals surface area contributed by atoms with Crippen LogP contribution in [-0.4, -0.2) is 52.1 Å². The lowest BCUT2D eigenvalue weighted by Gasteiger charge is -2.35. The van der Waals surface area contributed by atoms with Gasteiger partial charge >= 0.3 is 0 Å². The third-order valence-electron chi connectivity index (χ3n) is 6.06. The molecule has 34 heavy (non-hydrogen) atoms. The van der Waals surface area contributed by atoms with E-state index in [4.69, 9.17) is 17.3 Å². The second kappa shape index (κ2) is 8.46. The third kappa shape index (κ3) is 3.66. The van der Waals surface area contributed by atoms with E-state index >= 15 is 4.39 Å². The monoisotopic (exact) mass is 477 g/mol. The summed E-state index contributed by atoms with van der Waals surface area (Å²) < 4.78 is 16.0. The van der Waals surface area contributed by atoms with Gasteiger partial charge in [0.25, 0.3) is 0 Å². The molecule has 4 aromatic rings. The number of nitrogens with zero attached hydrogens (tertiary/aromatic N) is 4. The number of amides is 1. The lowest BCUT2D eigenvalue weighted by molar-refractivity contribution is -0.126. The summed E-state index contributed by atoms with van der Waals surface area (Å²) in [5.74, 6) is -0.390. The standard InChI is InChI=1S/C25H21ClFN5O2/c1-2-20(34)31-7-9-32(10-8-31)24-18-13-19(26)21(22(27)23(18)29-25(28)30-24)17-12-15(33)11-14-5-3-4-6-16(14)17/h2-6,11-13,33H,1,7-10H2,(H2,28,29,30). The second-order valence-electron chi connectivity index (χ2n) is 8.08. The lowest BCUT2D eigenvalue weighted by Crippen LogP contribution is -2.48. The fourth-order valence-corrected chi connectivity index (χ4v) is 4.75. The average molecular weight is 478 g/mol. The molecular weight excluding hydrogens is 457 g/mol. The van der Waals surface area contributed by atoms with Gasteiger partial charge in [-0.05, 0) is 40.6 Å². The Balaban J connectivity index is 1.66. The third-order valence-corrected chi connectivity index (χ3v) is 6.36. The van der Waals surface area contributed by atoms with E-state index in [9.17, 15) is 9.90 Å². The summed E-state index contributed by atoms with van der Waals surface area (Å²) in [6.07, 6.45) is 1.29. The first-order valence-corrected chi connectivity index (χ1v) is 11.1. The maximum atomic E-state index is 16.0. The van der Waals surface area contributed by atoms with Crippen LogP contribution < -0.4 is 10.6 Å². The molecule has 0 saturated carbocycles. The minimum Gasteiger partial charge on any atom is -0.508 e. The van der Waals surface area contributed by atoms with E-state index in [1.54, 1.807) is 17.0 Å². The molecule has 0 atom stereocenters. The molecule has 0 unspecified atom stereocenters. The molecular formula is C25H21ClFN5O2. The normalized spacial score (nSPS) is 14.1. The SMILES string of the molecule is C=CC(=O)N1CCN(c2nc(N)nc3c(F)c(-c4cc(O)cc5ccccc45)c(Cl)cc23)CC1. The van der Waals surface area contributed by atoms with Gasteiger partial charge in [0.15, 0.2) is 5.82 Å². The number of halogens is 2. The Morgan fingerprint density at radius 1 is 1.12 bits per heavy atom. The number of piperazine rings is 1. The molecule has 9 heteroatoms. The first kappa shape index (κ1) is 21.9. The van der Waals surface area contributed by atoms with Gasteiger partial charge in [0.2, 0.25) is 11.9 Å². The molecule has 5 rings (SSSR count). The number of hydrogen-bond donors (Lipinski definition) is 2. The Morgan fingerprint density at radius 3 is 2.59 bits per heavy atom. The summed E-state index contributed by atoms with van der Waals surface area (Å²) in [6.45, 7) is 5.45. The number of phenolic OH excluding ortho intramolecular Hbond substituents is 1. The Labute approximate surface area is 199 Å². The van der Waals surface area contributed by atoms with Crippen molar-refractivity contribution in [2.24, 2.45) is 0 Å². The fraction of sp³-hybridized carbons (Fsp3) is 0.160. The first-order chi connectivity index (χ1) is 16.4. The van der Waals surface area contributed by atoms with E-state index in [1.807, 2.05) is 29.2 Å². The van der Waals surface area contributed by atoms with Crippen LogP contribution in [0.15, 0.2) is 55.1 Å². The number of phenols is 1. The zero-order valence-electron chi connectivity index (χ0n) is 18.1. The number of rotatable bonds is 3. The number of benzene rings is 3. The van der Waals surface area contributed by atoms with Crippen molar-refractivity contribution in [3.63, 3.8) is 0 Å². The lowest BCUT2D eigenvalue weighted by atomic mass is 9.96. The Hall–Kier alpha value is -3.91. The topological polar surface area (TPSA) is 95.6 Å². The summed E-state index contributed by atoms with van der Waals surface area (Å²) in [4.78, 5) is 24.1. The molecule has 3 N–H and O–H groups in total. The molecule has 0 aliphatic carbocycles. The van der Waals surface area contributed by atoms with Gasteiger partial charge in [-0.25, -0.2) is 9.37 Å². The number of anilines is 2. The number of hydrogen-bond acceptors (Lipinski definition) is 6. The number of aromatic hydroxyl groups is 1. The summed E-state index contributed by atoms with van der Waals surface area (Å²) >= 11 is 6.64. The second-order valence-corrected chi connectivity index (χ2v) is 8.49. The molecule has 7 nitrogen and oxygen atoms in total. The van der Waals surface area contributed by atoms with Crippen molar-refractivity contribution in [1.29, 1.82) is 0 Å². The van der Waals surface area contributed by atoms with Gasteiger partial charge in [0, 0.05) is 37.1 Å². The Morgan fingerprint density at radius 2 is 1.85 bits per heavy atom. The molecule has 1 amide bonds. The van der Waals surface area contributed by atoms with Crippen LogP contribution in [0.5, 0.6) is 5.75 Å². The van der Waals surface area contributed by atoms with Gasteiger partial charge in [-0.3, -0.25) is 4.79 Å². The smallest absolute Gasteiger partial charge is 0.246 e. The van der Waals surface area contributed by atoms with Crippen LogP contribution in [0.25, 0.3) is 32.8 Å². The largest absolute Gasteiger partial charge is 0.508 e. The van der Waals surface area contributed by atoms with Crippen molar-refractivity contribution in [2.75, 3.05) is 36.8 Å². The van der Waals surface area contributed by atoms with Crippen LogP contribution in [0.4, 0.5) is 16.2 Å². The molecule has 0 radical (unpaired) electrons. The van der Waals surface area contributed by atoms with E-state index in [1.165, 1.54) is 12.1 Å². The number of nitrogens with two attached hydrogens (primary N) is 1. The van der Waals surface area contributed by atoms with Crippen molar-refractivity contribution in [2.45, 2.75) is 0 Å². The minimum absolute atomic E-state index is 0.000837. The van der Waals surface area contributed by atoms with Crippen molar-refractivity contribution in [3.8, 4) is 16.9 Å². The van der Waals surface area contributed by atoms with Gasteiger partial charge in [0.05, 0.1) is 5.02 Å². The van der Waals surface area contributed by atoms with E-state index in [2.05, 4.69) is 16.5 Å². The molecule has 1 aromatic heterocycles. The molecule has 1 fully saturated rings. The number of aromatic nitrogens is 2. The van der Waals surface area contributed by atoms with Crippen molar-refractivity contribution >= 4 is 50.9 Å². The van der Waals surface area contributed by atoms with Crippen molar-refractivity contribution in [1.82, 2.24) is 14.9 Å². The van der Waals surface area contributed by atoms with Gasteiger partial charge in [-0.15, -0.1) is 0 Å². The molecule has 3 aromatic carbocycles. The number of nitrogen functional groups attached to an aromatic ring is 1. The zero-order chi connectivity index (χ0) is 24.0. The van der Waals surface area contributed by atoms with Gasteiger partial charge in [0.1, 0.15) is 17.1 Å². The van der Waals surface area contributed by atoms with Crippen LogP contribution in [0.1, 0.15) is 0 Å². The molecule has 1 saturated heterocycles. The Kier molecular flexibility index (Phi) is 5.45. The maximum Gasteiger partial charge on any atom is 0.246 e. The van der Waals surface area contributed by atoms with Crippen molar-refractivity contribution in [3.05, 3.63) is 66.0 Å². The quantitative estimate of drug-likeness (QED) is 0.425. The molecule has 0 bridgehead atoms. The predicted molar refractivity (Wildman–Crippen MR) is 133 cm³/mol. The van der Waals surface area contributed by atoms with E-state index in [-0.39, 0.29) is 33.7 Å². The zero-order valence-corrected chi connectivity index (χ0v) is 18.9. The summed E-state index contributed by atoms with van der Waals surface area (Å²) in [7, 11) is 0. The highest BCUT2D eigenvalue weighted by molar-refractivity contribution is 6.35. The summed E-state index contributed by atoms with van der Waals surface area (Å²) in [5.41, 5.74) is 6.60. The van der Waals surface area contributed by atoms with Crippen molar-refractivity contribution < 1.29 is 14.3 Å². The summed E-state index contributed by atoms with van der Waals surface area (Å²) in [5, 5.41) is 12.3. The van der Waals surface area contributed by atoms with Crippen LogP contribution >= 0.6 is 11.6 Å². The van der Waals surface area contributed by atoms with Crippen LogP contribution in [0.2, 0.25) is 5.02 Å². The fourth-order valence-electron chi connectivity index (χ4n) is 4.45. The maximum absolute atomic E-state index is 16.0. The average Bonchev–Trinajstić information content (AvgIpc) is 2.83. The van der Waals surface area contributed by atoms with E-state index < -0.39 is 5.82 Å². The Bertz CT molecular complexity index is 1470. The molecule has 172 valence electrons. The number of carbonyl (C=O) groups is 1. The molecule has 1 aliphatic heterocycles. The van der Waals surface area contributed by atoms with E-state index in [0.717, 1.165) is 10.8 Å².